The molecule has 52 valence electrons. The maximum atomic E-state index is 3.91. The summed E-state index contributed by atoms with van der Waals surface area (Å²) < 4.78 is 0. The molecular formula is C5H7N4Sb. The number of fused-ring (bicyclic) bond motifs is 1. The summed E-state index contributed by atoms with van der Waals surface area (Å²) in [5.74, 6) is 0. The van der Waals surface area contributed by atoms with Crippen LogP contribution in [0.4, 0.5) is 0 Å². The smallest absolute Gasteiger partial charge is 0.180 e. The fourth-order valence-corrected chi connectivity index (χ4v) is 0.691. The molecule has 0 radical (unpaired) electrons. The summed E-state index contributed by atoms with van der Waals surface area (Å²) in [7, 11) is 0. The van der Waals surface area contributed by atoms with E-state index in [1.807, 2.05) is 0 Å². The van der Waals surface area contributed by atoms with Crippen molar-refractivity contribution in [1.82, 2.24) is 19.9 Å². The zero-order valence-electron chi connectivity index (χ0n) is 5.28. The van der Waals surface area contributed by atoms with Crippen molar-refractivity contribution in [3.63, 3.8) is 0 Å². The molecule has 0 unspecified atom stereocenters. The normalized spacial score (nSPS) is 9.20. The van der Waals surface area contributed by atoms with Crippen molar-refractivity contribution in [2.45, 2.75) is 0 Å². The molecule has 0 bridgehead atoms. The van der Waals surface area contributed by atoms with Gasteiger partial charge in [-0.2, -0.15) is 0 Å². The van der Waals surface area contributed by atoms with Crippen molar-refractivity contribution in [3.8, 4) is 0 Å². The molecule has 0 fully saturated rings. The first kappa shape index (κ1) is 7.47. The average molecular weight is 245 g/mol. The summed E-state index contributed by atoms with van der Waals surface area (Å²) in [5, 5.41) is 0. The van der Waals surface area contributed by atoms with Gasteiger partial charge in [0, 0.05) is 0 Å². The summed E-state index contributed by atoms with van der Waals surface area (Å²) in [6, 6.07) is 0. The molecule has 2 rings (SSSR count). The third-order valence-electron chi connectivity index (χ3n) is 1.10. The molecule has 0 saturated heterocycles. The molecular weight excluding hydrogens is 238 g/mol. The molecule has 0 aromatic carbocycles. The Kier molecular flexibility index (Phi) is 2.22. The minimum Gasteiger partial charge on any atom is -0.342 e. The van der Waals surface area contributed by atoms with E-state index in [9.17, 15) is 0 Å². The van der Waals surface area contributed by atoms with Gasteiger partial charge in [0.05, 0.1) is 12.5 Å². The third kappa shape index (κ3) is 1.12. The Labute approximate surface area is 74.6 Å². The Balaban J connectivity index is 0.000000500. The van der Waals surface area contributed by atoms with Gasteiger partial charge in [0.2, 0.25) is 0 Å². The van der Waals surface area contributed by atoms with Gasteiger partial charge < -0.3 is 4.98 Å². The van der Waals surface area contributed by atoms with E-state index < -0.39 is 0 Å². The van der Waals surface area contributed by atoms with Gasteiger partial charge >= 0.3 is 24.4 Å². The van der Waals surface area contributed by atoms with Crippen LogP contribution < -0.4 is 0 Å². The van der Waals surface area contributed by atoms with Crippen LogP contribution in [0, 0.1) is 0 Å². The molecule has 2 aromatic heterocycles. The predicted molar refractivity (Wildman–Crippen MR) is 41.6 cm³/mol. The van der Waals surface area contributed by atoms with Crippen LogP contribution >= 0.6 is 0 Å². The molecule has 5 heteroatoms. The third-order valence-corrected chi connectivity index (χ3v) is 1.10. The van der Waals surface area contributed by atoms with E-state index in [1.165, 1.54) is 6.33 Å². The number of aromatic amines is 1. The van der Waals surface area contributed by atoms with Gasteiger partial charge in [-0.15, -0.1) is 0 Å². The number of H-pyrrole nitrogens is 1. The number of nitrogens with one attached hydrogen (secondary N) is 1. The second-order valence-corrected chi connectivity index (χ2v) is 1.66. The summed E-state index contributed by atoms with van der Waals surface area (Å²) in [4.78, 5) is 14.5. The van der Waals surface area contributed by atoms with Gasteiger partial charge in [0.1, 0.15) is 11.8 Å². The van der Waals surface area contributed by atoms with Gasteiger partial charge in [0.25, 0.3) is 0 Å². The maximum Gasteiger partial charge on any atom is 0.180 e. The molecule has 0 spiro atoms. The van der Waals surface area contributed by atoms with Crippen LogP contribution in [-0.4, -0.2) is 44.4 Å². The summed E-state index contributed by atoms with van der Waals surface area (Å²) in [5.41, 5.74) is 1.59. The van der Waals surface area contributed by atoms with E-state index in [4.69, 9.17) is 0 Å². The van der Waals surface area contributed by atoms with Crippen LogP contribution in [-0.2, 0) is 0 Å². The second kappa shape index (κ2) is 2.97. The monoisotopic (exact) mass is 244 g/mol. The summed E-state index contributed by atoms with van der Waals surface area (Å²) in [6.07, 6.45) is 4.76. The number of hydrogen-bond acceptors (Lipinski definition) is 3. The van der Waals surface area contributed by atoms with Gasteiger partial charge in [0.15, 0.2) is 5.65 Å². The Morgan fingerprint density at radius 2 is 2.20 bits per heavy atom. The Morgan fingerprint density at radius 1 is 1.30 bits per heavy atom. The number of rotatable bonds is 0. The molecule has 0 aliphatic heterocycles. The quantitative estimate of drug-likeness (QED) is 0.616. The van der Waals surface area contributed by atoms with E-state index in [2.05, 4.69) is 19.9 Å². The fourth-order valence-electron chi connectivity index (χ4n) is 0.691. The molecule has 0 saturated carbocycles. The van der Waals surface area contributed by atoms with Gasteiger partial charge in [-0.25, -0.2) is 15.0 Å². The first-order valence-corrected chi connectivity index (χ1v) is 2.56. The largest absolute Gasteiger partial charge is 0.342 e. The molecule has 0 aliphatic carbocycles. The van der Waals surface area contributed by atoms with Crippen LogP contribution in [0.25, 0.3) is 11.2 Å². The SMILES string of the molecule is [SbH3].c1ncc2[nH]cnc2n1. The summed E-state index contributed by atoms with van der Waals surface area (Å²) in [6.45, 7) is 0. The van der Waals surface area contributed by atoms with Crippen LogP contribution in [0.3, 0.4) is 0 Å². The first-order valence-electron chi connectivity index (χ1n) is 2.56. The number of aromatic nitrogens is 4. The average Bonchev–Trinajstić information content (AvgIpc) is 2.33. The number of imidazole rings is 1. The Bertz CT molecular complexity index is 288. The second-order valence-electron chi connectivity index (χ2n) is 1.66. The Hall–Kier alpha value is -0.632. The number of nitrogens with zero attached hydrogens (tertiary/aromatic N) is 3. The zero-order valence-corrected chi connectivity index (χ0v) is 9.32. The van der Waals surface area contributed by atoms with Crippen molar-refractivity contribution < 1.29 is 0 Å². The molecule has 0 aliphatic rings. The molecule has 4 nitrogen and oxygen atoms in total. The minimum atomic E-state index is 0. The predicted octanol–water partition coefficient (Wildman–Crippen LogP) is -0.831. The van der Waals surface area contributed by atoms with Crippen molar-refractivity contribution in [1.29, 1.82) is 0 Å². The van der Waals surface area contributed by atoms with E-state index in [0.29, 0.717) is 5.65 Å². The van der Waals surface area contributed by atoms with Gasteiger partial charge in [-0.3, -0.25) is 0 Å². The topological polar surface area (TPSA) is 54.5 Å². The van der Waals surface area contributed by atoms with E-state index in [1.54, 1.807) is 12.5 Å². The molecule has 2 aromatic rings. The van der Waals surface area contributed by atoms with Crippen molar-refractivity contribution in [3.05, 3.63) is 18.9 Å². The van der Waals surface area contributed by atoms with Crippen LogP contribution in [0.15, 0.2) is 18.9 Å². The van der Waals surface area contributed by atoms with E-state index in [0.717, 1.165) is 5.52 Å². The van der Waals surface area contributed by atoms with Crippen LogP contribution in [0.1, 0.15) is 0 Å². The standard InChI is InChI=1S/C5H4N4.Sb.3H/c1-4-5(8-2-6-1)9-3-7-4;;;;/h1-3H,(H,6,7,8,9);;;;. The molecule has 1 N–H and O–H groups in total. The number of hydrogen-bond donors (Lipinski definition) is 1. The zero-order chi connectivity index (χ0) is 6.10. The molecule has 2 heterocycles. The minimum absolute atomic E-state index is 0. The van der Waals surface area contributed by atoms with E-state index in [-0.39, 0.29) is 24.4 Å². The van der Waals surface area contributed by atoms with Crippen LogP contribution in [0.2, 0.25) is 0 Å². The molecule has 0 atom stereocenters. The maximum absolute atomic E-state index is 3.91. The first-order chi connectivity index (χ1) is 4.47. The molecule has 0 amide bonds. The Morgan fingerprint density at radius 3 is 3.00 bits per heavy atom. The van der Waals surface area contributed by atoms with Gasteiger partial charge in [-0.05, 0) is 0 Å². The molecule has 10 heavy (non-hydrogen) atoms. The fraction of sp³-hybridized carbons (Fsp3) is 0. The van der Waals surface area contributed by atoms with Crippen LogP contribution in [0.5, 0.6) is 0 Å². The van der Waals surface area contributed by atoms with E-state index >= 15 is 0 Å². The van der Waals surface area contributed by atoms with Crippen molar-refractivity contribution in [2.24, 2.45) is 0 Å². The van der Waals surface area contributed by atoms with Crippen molar-refractivity contribution >= 4 is 35.6 Å². The van der Waals surface area contributed by atoms with Crippen molar-refractivity contribution in [2.75, 3.05) is 0 Å². The van der Waals surface area contributed by atoms with Gasteiger partial charge in [-0.1, -0.05) is 0 Å². The summed E-state index contributed by atoms with van der Waals surface area (Å²) >= 11 is 0.